The van der Waals surface area contributed by atoms with E-state index in [0.717, 1.165) is 28.9 Å². The van der Waals surface area contributed by atoms with Crippen molar-refractivity contribution in [3.8, 4) is 22.5 Å². The molecule has 0 saturated heterocycles. The number of benzene rings is 4. The molecular weight excluding hydrogens is 400 g/mol. The normalized spacial score (nSPS) is 15.5. The number of hydrogen-bond acceptors (Lipinski definition) is 1. The number of fused-ring (bicyclic) bond motifs is 1. The van der Waals surface area contributed by atoms with Crippen LogP contribution in [0.3, 0.4) is 0 Å². The van der Waals surface area contributed by atoms with E-state index in [1.54, 1.807) is 0 Å². The Hall–Kier alpha value is -4.10. The summed E-state index contributed by atoms with van der Waals surface area (Å²) in [5, 5.41) is 2.36. The molecule has 1 nitrogen and oxygen atoms in total. The van der Waals surface area contributed by atoms with Crippen LogP contribution in [-0.2, 0) is 0 Å². The first-order valence-electron chi connectivity index (χ1n) is 11.5. The molecule has 4 aromatic carbocycles. The molecule has 33 heavy (non-hydrogen) atoms. The van der Waals surface area contributed by atoms with E-state index in [0.29, 0.717) is 0 Å². The summed E-state index contributed by atoms with van der Waals surface area (Å²) in [6.07, 6.45) is 7.57. The SMILES string of the molecule is C1=CC[C@@H](c2oc(-c3ccccc3-c3ccccc3)c3ccccc23)C(c2ccccc2)=C1. The summed E-state index contributed by atoms with van der Waals surface area (Å²) in [6, 6.07) is 38.3. The first-order valence-corrected chi connectivity index (χ1v) is 11.5. The van der Waals surface area contributed by atoms with Crippen LogP contribution in [0.2, 0.25) is 0 Å². The van der Waals surface area contributed by atoms with Gasteiger partial charge in [0.25, 0.3) is 0 Å². The second-order valence-electron chi connectivity index (χ2n) is 8.46. The fourth-order valence-corrected chi connectivity index (χ4v) is 4.93. The van der Waals surface area contributed by atoms with E-state index in [-0.39, 0.29) is 5.92 Å². The maximum Gasteiger partial charge on any atom is 0.142 e. The Bertz CT molecular complexity index is 1470. The highest BCUT2D eigenvalue weighted by Gasteiger charge is 2.27. The summed E-state index contributed by atoms with van der Waals surface area (Å²) in [5.41, 5.74) is 6.06. The van der Waals surface area contributed by atoms with Crippen molar-refractivity contribution in [2.45, 2.75) is 12.3 Å². The summed E-state index contributed by atoms with van der Waals surface area (Å²) < 4.78 is 6.83. The van der Waals surface area contributed by atoms with Crippen LogP contribution in [-0.4, -0.2) is 0 Å². The zero-order valence-electron chi connectivity index (χ0n) is 18.3. The molecule has 1 heterocycles. The first-order chi connectivity index (χ1) is 16.4. The van der Waals surface area contributed by atoms with E-state index in [2.05, 4.69) is 127 Å². The van der Waals surface area contributed by atoms with Gasteiger partial charge in [0.1, 0.15) is 11.5 Å². The van der Waals surface area contributed by atoms with Crippen LogP contribution < -0.4 is 0 Å². The zero-order chi connectivity index (χ0) is 22.0. The molecule has 0 fully saturated rings. The largest absolute Gasteiger partial charge is 0.459 e. The molecule has 0 bridgehead atoms. The third-order valence-corrected chi connectivity index (χ3v) is 6.49. The van der Waals surface area contributed by atoms with Gasteiger partial charge in [0.15, 0.2) is 0 Å². The fraction of sp³-hybridized carbons (Fsp3) is 0.0625. The smallest absolute Gasteiger partial charge is 0.142 e. The molecule has 0 unspecified atom stereocenters. The Morgan fingerprint density at radius 3 is 1.94 bits per heavy atom. The minimum atomic E-state index is 0.180. The van der Waals surface area contributed by atoms with Gasteiger partial charge < -0.3 is 4.42 Å². The van der Waals surface area contributed by atoms with E-state index in [1.807, 2.05) is 0 Å². The second kappa shape index (κ2) is 8.44. The lowest BCUT2D eigenvalue weighted by Crippen LogP contribution is -2.03. The maximum atomic E-state index is 6.83. The van der Waals surface area contributed by atoms with Crippen LogP contribution in [0, 0.1) is 0 Å². The van der Waals surface area contributed by atoms with Gasteiger partial charge in [0.2, 0.25) is 0 Å². The molecule has 1 aliphatic rings. The van der Waals surface area contributed by atoms with E-state index < -0.39 is 0 Å². The van der Waals surface area contributed by atoms with Gasteiger partial charge >= 0.3 is 0 Å². The standard InChI is InChI=1S/C32H24O/c1-3-13-23(14-4-1)25-17-7-9-19-27(25)31-29-21-11-12-22-30(29)32(33-31)28-20-10-8-18-26(28)24-15-5-2-6-16-24/h1-19,21-22,28H,20H2/t28-/m1/s1. The third-order valence-electron chi connectivity index (χ3n) is 6.49. The minimum absolute atomic E-state index is 0.180. The van der Waals surface area contributed by atoms with E-state index in [1.165, 1.54) is 27.6 Å². The highest BCUT2D eigenvalue weighted by molar-refractivity contribution is 6.00. The monoisotopic (exact) mass is 424 g/mol. The van der Waals surface area contributed by atoms with Gasteiger partial charge in [0, 0.05) is 22.3 Å². The molecule has 0 radical (unpaired) electrons. The molecule has 0 aliphatic heterocycles. The van der Waals surface area contributed by atoms with Crippen LogP contribution in [0.25, 0.3) is 38.8 Å². The van der Waals surface area contributed by atoms with Gasteiger partial charge in [-0.05, 0) is 28.7 Å². The number of rotatable bonds is 4. The molecule has 1 aromatic heterocycles. The Morgan fingerprint density at radius 1 is 0.576 bits per heavy atom. The predicted octanol–water partition coefficient (Wildman–Crippen LogP) is 8.89. The van der Waals surface area contributed by atoms with Gasteiger partial charge in [-0.2, -0.15) is 0 Å². The van der Waals surface area contributed by atoms with Gasteiger partial charge in [0.05, 0.1) is 0 Å². The molecule has 1 atom stereocenters. The highest BCUT2D eigenvalue weighted by Crippen LogP contribution is 2.46. The van der Waals surface area contributed by atoms with Gasteiger partial charge in [-0.15, -0.1) is 0 Å². The lowest BCUT2D eigenvalue weighted by atomic mass is 9.84. The molecule has 5 aromatic rings. The highest BCUT2D eigenvalue weighted by atomic mass is 16.3. The van der Waals surface area contributed by atoms with E-state index in [9.17, 15) is 0 Å². The third kappa shape index (κ3) is 3.52. The molecule has 0 amide bonds. The zero-order valence-corrected chi connectivity index (χ0v) is 18.3. The average Bonchev–Trinajstić information content (AvgIpc) is 3.29. The Kier molecular flexibility index (Phi) is 5.01. The number of hydrogen-bond donors (Lipinski definition) is 0. The van der Waals surface area contributed by atoms with Gasteiger partial charge in [-0.1, -0.05) is 127 Å². The quantitative estimate of drug-likeness (QED) is 0.281. The molecular formula is C32H24O. The van der Waals surface area contributed by atoms with Crippen molar-refractivity contribution in [1.29, 1.82) is 0 Å². The summed E-state index contributed by atoms with van der Waals surface area (Å²) in [6.45, 7) is 0. The maximum absolute atomic E-state index is 6.83. The van der Waals surface area contributed by atoms with Crippen LogP contribution in [0.5, 0.6) is 0 Å². The molecule has 158 valence electrons. The number of furan rings is 1. The van der Waals surface area contributed by atoms with Crippen molar-refractivity contribution in [2.75, 3.05) is 0 Å². The lowest BCUT2D eigenvalue weighted by Gasteiger charge is -2.20. The van der Waals surface area contributed by atoms with Crippen molar-refractivity contribution >= 4 is 16.3 Å². The number of allylic oxidation sites excluding steroid dienone is 4. The Morgan fingerprint density at radius 2 is 1.18 bits per heavy atom. The van der Waals surface area contributed by atoms with Crippen molar-refractivity contribution < 1.29 is 4.42 Å². The molecule has 0 saturated carbocycles. The molecule has 1 heteroatoms. The summed E-state index contributed by atoms with van der Waals surface area (Å²) in [7, 11) is 0. The molecule has 0 spiro atoms. The fourth-order valence-electron chi connectivity index (χ4n) is 4.93. The van der Waals surface area contributed by atoms with Crippen molar-refractivity contribution in [2.24, 2.45) is 0 Å². The van der Waals surface area contributed by atoms with Gasteiger partial charge in [-0.25, -0.2) is 0 Å². The topological polar surface area (TPSA) is 13.1 Å². The van der Waals surface area contributed by atoms with Crippen LogP contribution in [0.15, 0.2) is 132 Å². The van der Waals surface area contributed by atoms with Crippen molar-refractivity contribution in [3.05, 3.63) is 139 Å². The van der Waals surface area contributed by atoms with Crippen LogP contribution in [0.1, 0.15) is 23.7 Å². The summed E-state index contributed by atoms with van der Waals surface area (Å²) in [5.74, 6) is 2.17. The van der Waals surface area contributed by atoms with Crippen molar-refractivity contribution in [3.63, 3.8) is 0 Å². The Balaban J connectivity index is 1.55. The van der Waals surface area contributed by atoms with Crippen LogP contribution >= 0.6 is 0 Å². The predicted molar refractivity (Wildman–Crippen MR) is 138 cm³/mol. The minimum Gasteiger partial charge on any atom is -0.459 e. The van der Waals surface area contributed by atoms with E-state index in [4.69, 9.17) is 4.42 Å². The van der Waals surface area contributed by atoms with Crippen LogP contribution in [0.4, 0.5) is 0 Å². The summed E-state index contributed by atoms with van der Waals surface area (Å²) in [4.78, 5) is 0. The molecule has 0 N–H and O–H groups in total. The first kappa shape index (κ1) is 19.6. The lowest BCUT2D eigenvalue weighted by molar-refractivity contribution is 0.511. The van der Waals surface area contributed by atoms with E-state index >= 15 is 0 Å². The average molecular weight is 425 g/mol. The molecule has 1 aliphatic carbocycles. The van der Waals surface area contributed by atoms with Crippen molar-refractivity contribution in [1.82, 2.24) is 0 Å². The van der Waals surface area contributed by atoms with Gasteiger partial charge in [-0.3, -0.25) is 0 Å². The summed E-state index contributed by atoms with van der Waals surface area (Å²) >= 11 is 0. The second-order valence-corrected chi connectivity index (χ2v) is 8.46. The molecule has 6 rings (SSSR count). The Labute approximate surface area is 194 Å².